The lowest BCUT2D eigenvalue weighted by atomic mass is 10.1. The van der Waals surface area contributed by atoms with Gasteiger partial charge < -0.3 is 0 Å². The fraction of sp³-hybridized carbons (Fsp3) is 0.400. The summed E-state index contributed by atoms with van der Waals surface area (Å²) in [5.74, 6) is 0. The summed E-state index contributed by atoms with van der Waals surface area (Å²) in [4.78, 5) is 14.9. The Morgan fingerprint density at radius 1 is 1.16 bits per heavy atom. The lowest BCUT2D eigenvalue weighted by Gasteiger charge is -2.03. The molecule has 100 valence electrons. The summed E-state index contributed by atoms with van der Waals surface area (Å²) in [7, 11) is 0. The second-order valence-corrected chi connectivity index (χ2v) is 4.75. The Labute approximate surface area is 112 Å². The first-order chi connectivity index (χ1) is 9.20. The van der Waals surface area contributed by atoms with Crippen molar-refractivity contribution in [2.45, 2.75) is 39.0 Å². The Morgan fingerprint density at radius 3 is 2.74 bits per heavy atom. The van der Waals surface area contributed by atoms with Crippen LogP contribution < -0.4 is 0 Å². The number of benzene rings is 1. The average Bonchev–Trinajstić information content (AvgIpc) is 2.43. The van der Waals surface area contributed by atoms with Gasteiger partial charge in [0.1, 0.15) is 0 Å². The highest BCUT2D eigenvalue weighted by Crippen LogP contribution is 2.20. The third-order valence-electron chi connectivity index (χ3n) is 3.23. The minimum absolute atomic E-state index is 0.116. The van der Waals surface area contributed by atoms with Crippen molar-refractivity contribution >= 4 is 16.6 Å². The number of nitrogens with zero attached hydrogens (tertiary/aromatic N) is 2. The van der Waals surface area contributed by atoms with Crippen LogP contribution in [0.1, 0.15) is 38.3 Å². The number of pyridine rings is 1. The lowest BCUT2D eigenvalue weighted by molar-refractivity contribution is -0.384. The molecule has 0 aliphatic carbocycles. The van der Waals surface area contributed by atoms with Crippen LogP contribution in [0.15, 0.2) is 30.3 Å². The highest BCUT2D eigenvalue weighted by molar-refractivity contribution is 5.81. The molecule has 0 spiro atoms. The van der Waals surface area contributed by atoms with Crippen molar-refractivity contribution in [3.8, 4) is 0 Å². The SMILES string of the molecule is CCCCCCc1ccc2cc([N+](=O)[O-])ccc2n1. The zero-order valence-corrected chi connectivity index (χ0v) is 11.1. The summed E-state index contributed by atoms with van der Waals surface area (Å²) in [6.45, 7) is 2.20. The molecular weight excluding hydrogens is 240 g/mol. The molecule has 0 aliphatic heterocycles. The molecular formula is C15H18N2O2. The van der Waals surface area contributed by atoms with Gasteiger partial charge in [0, 0.05) is 23.2 Å². The van der Waals surface area contributed by atoms with Gasteiger partial charge in [0.2, 0.25) is 0 Å². The Morgan fingerprint density at radius 2 is 2.00 bits per heavy atom. The monoisotopic (exact) mass is 258 g/mol. The molecule has 0 atom stereocenters. The van der Waals surface area contributed by atoms with E-state index in [0.717, 1.165) is 29.4 Å². The topological polar surface area (TPSA) is 56.0 Å². The van der Waals surface area contributed by atoms with E-state index in [0.29, 0.717) is 0 Å². The number of aryl methyl sites for hydroxylation is 1. The van der Waals surface area contributed by atoms with E-state index >= 15 is 0 Å². The van der Waals surface area contributed by atoms with E-state index in [9.17, 15) is 10.1 Å². The number of unbranched alkanes of at least 4 members (excludes halogenated alkanes) is 3. The number of hydrogen-bond donors (Lipinski definition) is 0. The van der Waals surface area contributed by atoms with Crippen LogP contribution in [-0.4, -0.2) is 9.91 Å². The summed E-state index contributed by atoms with van der Waals surface area (Å²) >= 11 is 0. The van der Waals surface area contributed by atoms with Crippen LogP contribution in [0.4, 0.5) is 5.69 Å². The smallest absolute Gasteiger partial charge is 0.258 e. The van der Waals surface area contributed by atoms with Crippen molar-refractivity contribution in [3.63, 3.8) is 0 Å². The largest absolute Gasteiger partial charge is 0.270 e. The molecule has 0 amide bonds. The third-order valence-corrected chi connectivity index (χ3v) is 3.23. The maximum atomic E-state index is 10.7. The first-order valence-corrected chi connectivity index (χ1v) is 6.75. The van der Waals surface area contributed by atoms with Gasteiger partial charge in [-0.15, -0.1) is 0 Å². The second kappa shape index (κ2) is 6.27. The maximum Gasteiger partial charge on any atom is 0.270 e. The number of hydrogen-bond acceptors (Lipinski definition) is 3. The molecule has 0 saturated heterocycles. The number of nitro benzene ring substituents is 1. The molecule has 1 aromatic carbocycles. The number of nitro groups is 1. The lowest BCUT2D eigenvalue weighted by Crippen LogP contribution is -1.92. The summed E-state index contributed by atoms with van der Waals surface area (Å²) in [6.07, 6.45) is 5.86. The van der Waals surface area contributed by atoms with Crippen molar-refractivity contribution in [2.75, 3.05) is 0 Å². The van der Waals surface area contributed by atoms with E-state index in [2.05, 4.69) is 11.9 Å². The molecule has 0 N–H and O–H groups in total. The molecule has 1 heterocycles. The van der Waals surface area contributed by atoms with Crippen molar-refractivity contribution in [1.29, 1.82) is 0 Å². The van der Waals surface area contributed by atoms with Crippen molar-refractivity contribution < 1.29 is 4.92 Å². The van der Waals surface area contributed by atoms with Gasteiger partial charge in [0.05, 0.1) is 10.4 Å². The van der Waals surface area contributed by atoms with Crippen LogP contribution in [-0.2, 0) is 6.42 Å². The number of aromatic nitrogens is 1. The summed E-state index contributed by atoms with van der Waals surface area (Å²) in [6, 6.07) is 8.70. The molecule has 0 radical (unpaired) electrons. The number of fused-ring (bicyclic) bond motifs is 1. The average molecular weight is 258 g/mol. The van der Waals surface area contributed by atoms with Crippen LogP contribution in [0.5, 0.6) is 0 Å². The normalized spacial score (nSPS) is 10.8. The van der Waals surface area contributed by atoms with Crippen LogP contribution in [0.25, 0.3) is 10.9 Å². The minimum Gasteiger partial charge on any atom is -0.258 e. The zero-order chi connectivity index (χ0) is 13.7. The second-order valence-electron chi connectivity index (χ2n) is 4.75. The summed E-state index contributed by atoms with van der Waals surface area (Å²) in [5, 5.41) is 11.5. The van der Waals surface area contributed by atoms with E-state index in [1.807, 2.05) is 12.1 Å². The van der Waals surface area contributed by atoms with E-state index in [1.54, 1.807) is 12.1 Å². The van der Waals surface area contributed by atoms with Crippen LogP contribution in [0, 0.1) is 10.1 Å². The van der Waals surface area contributed by atoms with Gasteiger partial charge in [-0.1, -0.05) is 32.3 Å². The third kappa shape index (κ3) is 3.50. The van der Waals surface area contributed by atoms with Gasteiger partial charge >= 0.3 is 0 Å². The predicted molar refractivity (Wildman–Crippen MR) is 76.2 cm³/mol. The van der Waals surface area contributed by atoms with E-state index in [1.165, 1.54) is 25.3 Å². The molecule has 2 aromatic rings. The Hall–Kier alpha value is -1.97. The molecule has 4 heteroatoms. The summed E-state index contributed by atoms with van der Waals surface area (Å²) < 4.78 is 0. The highest BCUT2D eigenvalue weighted by Gasteiger charge is 2.07. The standard InChI is InChI=1S/C15H18N2O2/c1-2-3-4-5-6-13-8-7-12-11-14(17(18)19)9-10-15(12)16-13/h7-11H,2-6H2,1H3. The fourth-order valence-corrected chi connectivity index (χ4v) is 2.14. The van der Waals surface area contributed by atoms with Crippen LogP contribution >= 0.6 is 0 Å². The van der Waals surface area contributed by atoms with Crippen molar-refractivity contribution in [3.05, 3.63) is 46.1 Å². The molecule has 0 fully saturated rings. The number of rotatable bonds is 6. The van der Waals surface area contributed by atoms with Gasteiger partial charge in [-0.2, -0.15) is 0 Å². The fourth-order valence-electron chi connectivity index (χ4n) is 2.14. The number of non-ortho nitro benzene ring substituents is 1. The van der Waals surface area contributed by atoms with Crippen LogP contribution in [0.3, 0.4) is 0 Å². The molecule has 19 heavy (non-hydrogen) atoms. The maximum absolute atomic E-state index is 10.7. The van der Waals surface area contributed by atoms with Crippen molar-refractivity contribution in [2.24, 2.45) is 0 Å². The van der Waals surface area contributed by atoms with Gasteiger partial charge in [-0.3, -0.25) is 15.1 Å². The first kappa shape index (κ1) is 13.5. The van der Waals surface area contributed by atoms with E-state index < -0.39 is 0 Å². The summed E-state index contributed by atoms with van der Waals surface area (Å²) in [5.41, 5.74) is 2.01. The zero-order valence-electron chi connectivity index (χ0n) is 11.1. The minimum atomic E-state index is -0.377. The van der Waals surface area contributed by atoms with E-state index in [-0.39, 0.29) is 10.6 Å². The van der Waals surface area contributed by atoms with Gasteiger partial charge in [-0.05, 0) is 25.0 Å². The molecule has 2 rings (SSSR count). The van der Waals surface area contributed by atoms with Gasteiger partial charge in [0.15, 0.2) is 0 Å². The molecule has 4 nitrogen and oxygen atoms in total. The quantitative estimate of drug-likeness (QED) is 0.442. The van der Waals surface area contributed by atoms with Crippen molar-refractivity contribution in [1.82, 2.24) is 4.98 Å². The van der Waals surface area contributed by atoms with Gasteiger partial charge in [-0.25, -0.2) is 0 Å². The Balaban J connectivity index is 2.12. The molecule has 0 unspecified atom stereocenters. The molecule has 1 aromatic heterocycles. The van der Waals surface area contributed by atoms with Crippen LogP contribution in [0.2, 0.25) is 0 Å². The Kier molecular flexibility index (Phi) is 4.44. The van der Waals surface area contributed by atoms with E-state index in [4.69, 9.17) is 0 Å². The molecule has 0 saturated carbocycles. The van der Waals surface area contributed by atoms with Gasteiger partial charge in [0.25, 0.3) is 5.69 Å². The first-order valence-electron chi connectivity index (χ1n) is 6.75. The predicted octanol–water partition coefficient (Wildman–Crippen LogP) is 4.27. The molecule has 0 bridgehead atoms. The highest BCUT2D eigenvalue weighted by atomic mass is 16.6. The Bertz CT molecular complexity index is 581. The molecule has 0 aliphatic rings.